The van der Waals surface area contributed by atoms with Crippen molar-refractivity contribution in [1.29, 1.82) is 0 Å². The summed E-state index contributed by atoms with van der Waals surface area (Å²) in [6.07, 6.45) is -1.96. The van der Waals surface area contributed by atoms with Crippen LogP contribution in [0.3, 0.4) is 0 Å². The van der Waals surface area contributed by atoms with Crippen molar-refractivity contribution in [2.45, 2.75) is 57.8 Å². The summed E-state index contributed by atoms with van der Waals surface area (Å²) in [5.41, 5.74) is 2.66. The highest BCUT2D eigenvalue weighted by Crippen LogP contribution is 2.31. The molecule has 3 aromatic heterocycles. The lowest BCUT2D eigenvalue weighted by molar-refractivity contribution is -0.129. The van der Waals surface area contributed by atoms with Crippen LogP contribution in [0.25, 0.3) is 11.0 Å². The molecule has 0 saturated carbocycles. The van der Waals surface area contributed by atoms with Gasteiger partial charge in [-0.05, 0) is 37.5 Å². The smallest absolute Gasteiger partial charge is 0.293 e. The van der Waals surface area contributed by atoms with E-state index in [1.54, 1.807) is 13.3 Å². The van der Waals surface area contributed by atoms with Gasteiger partial charge >= 0.3 is 0 Å². The Labute approximate surface area is 206 Å². The van der Waals surface area contributed by atoms with Crippen molar-refractivity contribution in [3.05, 3.63) is 29.6 Å². The third-order valence-electron chi connectivity index (χ3n) is 6.37. The molecule has 2 aliphatic heterocycles. The summed E-state index contributed by atoms with van der Waals surface area (Å²) in [6, 6.07) is 4.55. The van der Waals surface area contributed by atoms with Gasteiger partial charge in [0.2, 0.25) is 5.95 Å². The van der Waals surface area contributed by atoms with Gasteiger partial charge in [0, 0.05) is 38.5 Å². The van der Waals surface area contributed by atoms with Gasteiger partial charge in [-0.2, -0.15) is 10.1 Å². The van der Waals surface area contributed by atoms with Gasteiger partial charge in [0.1, 0.15) is 22.5 Å². The van der Waals surface area contributed by atoms with E-state index in [1.165, 1.54) is 4.68 Å². The van der Waals surface area contributed by atoms with Crippen molar-refractivity contribution < 1.29 is 22.6 Å². The van der Waals surface area contributed by atoms with Crippen molar-refractivity contribution in [3.8, 4) is 0 Å². The number of nitrogens with zero attached hydrogens (tertiary/aromatic N) is 6. The highest BCUT2D eigenvalue weighted by molar-refractivity contribution is 5.90. The number of nitrogens with one attached hydrogen (secondary N) is 2. The van der Waals surface area contributed by atoms with E-state index in [1.807, 2.05) is 19.1 Å². The van der Waals surface area contributed by atoms with Crippen LogP contribution in [0.5, 0.6) is 0 Å². The molecule has 10 nitrogen and oxygen atoms in total. The molecule has 5 rings (SSSR count). The second-order valence-electron chi connectivity index (χ2n) is 9.11. The first-order valence-electron chi connectivity index (χ1n) is 11.9. The molecular weight excluding hydrogens is 477 g/mol. The number of ether oxygens (including phenoxy) is 2. The quantitative estimate of drug-likeness (QED) is 0.430. The molecule has 0 radical (unpaired) electrons. The number of anilines is 3. The number of methoxy groups -OCH3 is 1. The van der Waals surface area contributed by atoms with E-state index in [2.05, 4.69) is 30.4 Å². The molecule has 0 aliphatic carbocycles. The SMILES string of the molecule is COCc1nn(CCOC(F)C(F)F)c2c(Nc3cc(C)ccn3)nc(N3CC4CCC(C3)N4)nc12. The molecule has 0 aromatic carbocycles. The van der Waals surface area contributed by atoms with Crippen LogP contribution >= 0.6 is 0 Å². The van der Waals surface area contributed by atoms with Gasteiger partial charge < -0.3 is 25.0 Å². The Bertz CT molecular complexity index is 1200. The summed E-state index contributed by atoms with van der Waals surface area (Å²) < 4.78 is 49.9. The van der Waals surface area contributed by atoms with Crippen LogP contribution in [0.15, 0.2) is 18.3 Å². The molecule has 13 heteroatoms. The molecule has 2 saturated heterocycles. The minimum atomic E-state index is -3.21. The number of pyridine rings is 1. The van der Waals surface area contributed by atoms with E-state index in [4.69, 9.17) is 14.7 Å². The number of alkyl halides is 3. The number of aryl methyl sites for hydroxylation is 1. The van der Waals surface area contributed by atoms with Crippen LogP contribution in [0.4, 0.5) is 30.8 Å². The van der Waals surface area contributed by atoms with E-state index >= 15 is 0 Å². The Balaban J connectivity index is 1.55. The average molecular weight is 507 g/mol. The van der Waals surface area contributed by atoms with Crippen molar-refractivity contribution in [2.75, 3.05) is 37.0 Å². The predicted octanol–water partition coefficient (Wildman–Crippen LogP) is 2.94. The second-order valence-corrected chi connectivity index (χ2v) is 9.11. The second kappa shape index (κ2) is 10.5. The zero-order chi connectivity index (χ0) is 25.2. The Hall–Kier alpha value is -3.03. The zero-order valence-corrected chi connectivity index (χ0v) is 20.1. The first kappa shape index (κ1) is 24.7. The van der Waals surface area contributed by atoms with Crippen molar-refractivity contribution >= 4 is 28.6 Å². The number of hydrogen-bond donors (Lipinski definition) is 2. The highest BCUT2D eigenvalue weighted by Gasteiger charge is 2.34. The van der Waals surface area contributed by atoms with Crippen LogP contribution in [-0.2, 0) is 22.6 Å². The molecular formula is C23H29F3N8O2. The fraction of sp³-hybridized carbons (Fsp3) is 0.565. The standard InChI is InChI=1S/C23H29F3N8O2/c1-13-5-6-27-17(9-13)29-22-19-18(30-23(31-22)33-10-14-3-4-15(11-33)28-14)16(12-35-2)32-34(19)7-8-36-21(26)20(24)25/h5-6,9,14-15,20-21,28H,3-4,7-8,10-12H2,1-2H3,(H,27,29,30,31). The van der Waals surface area contributed by atoms with Crippen LogP contribution in [0.1, 0.15) is 24.1 Å². The van der Waals surface area contributed by atoms with Crippen molar-refractivity contribution in [3.63, 3.8) is 0 Å². The fourth-order valence-corrected chi connectivity index (χ4v) is 4.77. The van der Waals surface area contributed by atoms with E-state index in [9.17, 15) is 13.2 Å². The number of piperazine rings is 1. The van der Waals surface area contributed by atoms with Gasteiger partial charge in [0.05, 0.1) is 19.8 Å². The highest BCUT2D eigenvalue weighted by atomic mass is 19.3. The molecule has 3 unspecified atom stereocenters. The number of aromatic nitrogens is 5. The molecule has 3 aromatic rings. The molecule has 2 aliphatic rings. The first-order chi connectivity index (χ1) is 17.4. The lowest BCUT2D eigenvalue weighted by atomic mass is 10.2. The molecule has 194 valence electrons. The number of halogens is 3. The third-order valence-corrected chi connectivity index (χ3v) is 6.37. The minimum Gasteiger partial charge on any atom is -0.378 e. The monoisotopic (exact) mass is 506 g/mol. The lowest BCUT2D eigenvalue weighted by Gasteiger charge is -2.33. The van der Waals surface area contributed by atoms with E-state index in [0.29, 0.717) is 46.4 Å². The first-order valence-corrected chi connectivity index (χ1v) is 11.9. The van der Waals surface area contributed by atoms with E-state index in [0.717, 1.165) is 31.5 Å². The summed E-state index contributed by atoms with van der Waals surface area (Å²) in [6.45, 7) is 3.43. The van der Waals surface area contributed by atoms with Gasteiger partial charge in [-0.15, -0.1) is 0 Å². The van der Waals surface area contributed by atoms with Gasteiger partial charge in [0.15, 0.2) is 5.82 Å². The fourth-order valence-electron chi connectivity index (χ4n) is 4.77. The van der Waals surface area contributed by atoms with Crippen LogP contribution in [0, 0.1) is 6.92 Å². The van der Waals surface area contributed by atoms with Gasteiger partial charge in [-0.25, -0.2) is 23.1 Å². The van der Waals surface area contributed by atoms with Crippen LogP contribution in [0.2, 0.25) is 0 Å². The summed E-state index contributed by atoms with van der Waals surface area (Å²) in [4.78, 5) is 16.3. The van der Waals surface area contributed by atoms with E-state index < -0.39 is 12.8 Å². The number of rotatable bonds is 10. The Morgan fingerprint density at radius 3 is 2.67 bits per heavy atom. The molecule has 0 amide bonds. The normalized spacial score (nSPS) is 20.4. The Morgan fingerprint density at radius 1 is 1.19 bits per heavy atom. The summed E-state index contributed by atoms with van der Waals surface area (Å²) >= 11 is 0. The van der Waals surface area contributed by atoms with Crippen molar-refractivity contribution in [1.82, 2.24) is 30.0 Å². The Morgan fingerprint density at radius 2 is 1.97 bits per heavy atom. The summed E-state index contributed by atoms with van der Waals surface area (Å²) in [7, 11) is 1.55. The maximum atomic E-state index is 13.3. The maximum absolute atomic E-state index is 13.3. The zero-order valence-electron chi connectivity index (χ0n) is 20.1. The molecule has 5 heterocycles. The predicted molar refractivity (Wildman–Crippen MR) is 127 cm³/mol. The maximum Gasteiger partial charge on any atom is 0.293 e. The summed E-state index contributed by atoms with van der Waals surface area (Å²) in [5.74, 6) is 1.60. The van der Waals surface area contributed by atoms with Gasteiger partial charge in [-0.3, -0.25) is 4.68 Å². The molecule has 2 N–H and O–H groups in total. The number of hydrogen-bond acceptors (Lipinski definition) is 9. The van der Waals surface area contributed by atoms with Gasteiger partial charge in [0.25, 0.3) is 12.8 Å². The minimum absolute atomic E-state index is 0.0176. The average Bonchev–Trinajstić information content (AvgIpc) is 3.37. The third kappa shape index (κ3) is 5.22. The van der Waals surface area contributed by atoms with Crippen LogP contribution < -0.4 is 15.5 Å². The topological polar surface area (TPSA) is 102 Å². The van der Waals surface area contributed by atoms with Crippen LogP contribution in [-0.4, -0.2) is 76.4 Å². The Kier molecular flexibility index (Phi) is 7.21. The molecule has 0 spiro atoms. The number of fused-ring (bicyclic) bond motifs is 3. The van der Waals surface area contributed by atoms with Crippen molar-refractivity contribution in [2.24, 2.45) is 0 Å². The largest absolute Gasteiger partial charge is 0.378 e. The van der Waals surface area contributed by atoms with Gasteiger partial charge in [-0.1, -0.05) is 0 Å². The summed E-state index contributed by atoms with van der Waals surface area (Å²) in [5, 5.41) is 11.5. The molecule has 36 heavy (non-hydrogen) atoms. The van der Waals surface area contributed by atoms with E-state index in [-0.39, 0.29) is 19.8 Å². The molecule has 3 atom stereocenters. The molecule has 2 fully saturated rings. The molecule has 2 bridgehead atoms. The lowest BCUT2D eigenvalue weighted by Crippen LogP contribution is -2.51.